The first-order valence-corrected chi connectivity index (χ1v) is 8.50. The summed E-state index contributed by atoms with van der Waals surface area (Å²) in [6, 6.07) is 13.5. The van der Waals surface area contributed by atoms with Crippen LogP contribution in [-0.4, -0.2) is 31.6 Å². The topological polar surface area (TPSA) is 64.8 Å². The molecule has 1 saturated heterocycles. The summed E-state index contributed by atoms with van der Waals surface area (Å²) < 4.78 is 10.7. The molecular weight excluding hydrogens is 352 g/mol. The number of carbonyl (C=O) groups excluding carboxylic acids is 1. The highest BCUT2D eigenvalue weighted by atomic mass is 35.5. The highest BCUT2D eigenvalue weighted by Gasteiger charge is 2.31. The first-order valence-electron chi connectivity index (χ1n) is 8.50. The molecule has 1 aliphatic rings. The van der Waals surface area contributed by atoms with Gasteiger partial charge >= 0.3 is 0 Å². The van der Waals surface area contributed by atoms with Gasteiger partial charge in [0.2, 0.25) is 0 Å². The summed E-state index contributed by atoms with van der Waals surface area (Å²) >= 11 is 0. The zero-order valence-electron chi connectivity index (χ0n) is 15.1. The predicted molar refractivity (Wildman–Crippen MR) is 104 cm³/mol. The molecule has 1 fully saturated rings. The third-order valence-corrected chi connectivity index (χ3v) is 4.74. The normalized spacial score (nSPS) is 16.1. The summed E-state index contributed by atoms with van der Waals surface area (Å²) in [6.45, 7) is 1.24. The monoisotopic (exact) mass is 376 g/mol. The minimum Gasteiger partial charge on any atom is -0.493 e. The van der Waals surface area contributed by atoms with Crippen LogP contribution in [0.2, 0.25) is 0 Å². The van der Waals surface area contributed by atoms with Crippen molar-refractivity contribution in [3.63, 3.8) is 0 Å². The Morgan fingerprint density at radius 1 is 1.12 bits per heavy atom. The maximum absolute atomic E-state index is 12.9. The van der Waals surface area contributed by atoms with Crippen molar-refractivity contribution in [3.8, 4) is 11.5 Å². The van der Waals surface area contributed by atoms with Crippen LogP contribution in [-0.2, 0) is 6.54 Å². The Bertz CT molecular complexity index is 749. The van der Waals surface area contributed by atoms with Gasteiger partial charge in [-0.15, -0.1) is 12.4 Å². The quantitative estimate of drug-likeness (QED) is 0.866. The highest BCUT2D eigenvalue weighted by Crippen LogP contribution is 2.37. The minimum absolute atomic E-state index is 0. The predicted octanol–water partition coefficient (Wildman–Crippen LogP) is 3.56. The molecule has 0 bridgehead atoms. The molecule has 2 aromatic carbocycles. The summed E-state index contributed by atoms with van der Waals surface area (Å²) in [5.74, 6) is 1.44. The van der Waals surface area contributed by atoms with Gasteiger partial charge < -0.3 is 20.1 Å². The highest BCUT2D eigenvalue weighted by molar-refractivity contribution is 5.94. The molecule has 26 heavy (non-hydrogen) atoms. The van der Waals surface area contributed by atoms with Crippen LogP contribution < -0.4 is 15.2 Å². The van der Waals surface area contributed by atoms with Crippen LogP contribution in [0.1, 0.15) is 40.4 Å². The van der Waals surface area contributed by atoms with Crippen molar-refractivity contribution in [2.45, 2.75) is 25.4 Å². The van der Waals surface area contributed by atoms with E-state index in [2.05, 4.69) is 0 Å². The molecule has 0 spiro atoms. The lowest BCUT2D eigenvalue weighted by Gasteiger charge is -2.26. The zero-order valence-corrected chi connectivity index (χ0v) is 15.9. The molecule has 1 atom stereocenters. The van der Waals surface area contributed by atoms with E-state index in [1.54, 1.807) is 14.2 Å². The molecule has 6 heteroatoms. The molecule has 3 rings (SSSR count). The number of hydrogen-bond acceptors (Lipinski definition) is 4. The number of likely N-dealkylation sites (tertiary alicyclic amines) is 1. The summed E-state index contributed by atoms with van der Waals surface area (Å²) in [6.07, 6.45) is 1.94. The number of benzene rings is 2. The molecule has 2 aromatic rings. The number of carbonyl (C=O) groups is 1. The van der Waals surface area contributed by atoms with Gasteiger partial charge in [0.05, 0.1) is 20.3 Å². The molecule has 0 aromatic heterocycles. The summed E-state index contributed by atoms with van der Waals surface area (Å²) in [5.41, 5.74) is 8.42. The maximum atomic E-state index is 12.9. The first kappa shape index (κ1) is 20.1. The van der Waals surface area contributed by atoms with E-state index in [1.165, 1.54) is 0 Å². The van der Waals surface area contributed by atoms with Crippen LogP contribution in [0.4, 0.5) is 0 Å². The Morgan fingerprint density at radius 3 is 2.42 bits per heavy atom. The second-order valence-electron chi connectivity index (χ2n) is 6.17. The Morgan fingerprint density at radius 2 is 1.81 bits per heavy atom. The van der Waals surface area contributed by atoms with E-state index >= 15 is 0 Å². The van der Waals surface area contributed by atoms with Gasteiger partial charge in [-0.2, -0.15) is 0 Å². The van der Waals surface area contributed by atoms with Crippen molar-refractivity contribution < 1.29 is 14.3 Å². The molecule has 5 nitrogen and oxygen atoms in total. The molecule has 0 radical (unpaired) electrons. The third kappa shape index (κ3) is 3.94. The lowest BCUT2D eigenvalue weighted by atomic mass is 10.0. The van der Waals surface area contributed by atoms with Gasteiger partial charge in [0.25, 0.3) is 5.91 Å². The van der Waals surface area contributed by atoms with Crippen molar-refractivity contribution in [2.75, 3.05) is 20.8 Å². The summed E-state index contributed by atoms with van der Waals surface area (Å²) in [5, 5.41) is 0. The van der Waals surface area contributed by atoms with Gasteiger partial charge in [0, 0.05) is 18.7 Å². The van der Waals surface area contributed by atoms with Crippen LogP contribution in [0.3, 0.4) is 0 Å². The van der Waals surface area contributed by atoms with Crippen LogP contribution in [0, 0.1) is 0 Å². The number of nitrogens with two attached hydrogens (primary N) is 1. The van der Waals surface area contributed by atoms with E-state index in [1.807, 2.05) is 47.4 Å². The molecule has 1 aliphatic heterocycles. The maximum Gasteiger partial charge on any atom is 0.254 e. The second kappa shape index (κ2) is 8.92. The number of halogens is 1. The van der Waals surface area contributed by atoms with Gasteiger partial charge in [-0.1, -0.05) is 18.2 Å². The third-order valence-electron chi connectivity index (χ3n) is 4.74. The van der Waals surface area contributed by atoms with Crippen molar-refractivity contribution in [3.05, 3.63) is 59.2 Å². The fourth-order valence-electron chi connectivity index (χ4n) is 3.37. The van der Waals surface area contributed by atoms with Gasteiger partial charge in [-0.25, -0.2) is 0 Å². The molecule has 0 saturated carbocycles. The van der Waals surface area contributed by atoms with Crippen molar-refractivity contribution in [1.82, 2.24) is 4.90 Å². The molecule has 1 amide bonds. The lowest BCUT2D eigenvalue weighted by molar-refractivity contribution is 0.0735. The average molecular weight is 377 g/mol. The standard InChI is InChI=1S/C20H24N2O3.ClH/c1-24-18-10-9-16(12-19(18)25-2)17-4-3-11-22(17)20(23)15-7-5-14(13-21)6-8-15;/h5-10,12,17H,3-4,11,13,21H2,1-2H3;1H. The van der Waals surface area contributed by atoms with E-state index in [9.17, 15) is 4.79 Å². The van der Waals surface area contributed by atoms with E-state index in [0.717, 1.165) is 30.5 Å². The average Bonchev–Trinajstić information content (AvgIpc) is 3.16. The Hall–Kier alpha value is -2.24. The number of hydrogen-bond donors (Lipinski definition) is 1. The van der Waals surface area contributed by atoms with Crippen molar-refractivity contribution in [1.29, 1.82) is 0 Å². The van der Waals surface area contributed by atoms with Crippen molar-refractivity contribution >= 4 is 18.3 Å². The van der Waals surface area contributed by atoms with E-state index in [0.29, 0.717) is 23.6 Å². The number of methoxy groups -OCH3 is 2. The largest absolute Gasteiger partial charge is 0.493 e. The second-order valence-corrected chi connectivity index (χ2v) is 6.17. The van der Waals surface area contributed by atoms with Crippen LogP contribution >= 0.6 is 12.4 Å². The fraction of sp³-hybridized carbons (Fsp3) is 0.350. The van der Waals surface area contributed by atoms with Gasteiger partial charge in [-0.05, 0) is 48.2 Å². The van der Waals surface area contributed by atoms with Crippen LogP contribution in [0.25, 0.3) is 0 Å². The number of ether oxygens (including phenoxy) is 2. The van der Waals surface area contributed by atoms with E-state index in [-0.39, 0.29) is 24.4 Å². The molecule has 0 aliphatic carbocycles. The van der Waals surface area contributed by atoms with Crippen LogP contribution in [0.5, 0.6) is 11.5 Å². The fourth-order valence-corrected chi connectivity index (χ4v) is 3.37. The minimum atomic E-state index is 0. The van der Waals surface area contributed by atoms with E-state index < -0.39 is 0 Å². The Balaban J connectivity index is 0.00000243. The molecule has 140 valence electrons. The van der Waals surface area contributed by atoms with Gasteiger partial charge in [-0.3, -0.25) is 4.79 Å². The number of nitrogens with zero attached hydrogens (tertiary/aromatic N) is 1. The molecular formula is C20H25ClN2O3. The SMILES string of the molecule is COc1ccc(C2CCCN2C(=O)c2ccc(CN)cc2)cc1OC.Cl. The van der Waals surface area contributed by atoms with Gasteiger partial charge in [0.15, 0.2) is 11.5 Å². The lowest BCUT2D eigenvalue weighted by Crippen LogP contribution is -2.30. The zero-order chi connectivity index (χ0) is 17.8. The van der Waals surface area contributed by atoms with Gasteiger partial charge in [0.1, 0.15) is 0 Å². The number of rotatable bonds is 5. The number of amides is 1. The summed E-state index contributed by atoms with van der Waals surface area (Å²) in [4.78, 5) is 14.9. The molecule has 1 unspecified atom stereocenters. The van der Waals surface area contributed by atoms with Crippen LogP contribution in [0.15, 0.2) is 42.5 Å². The smallest absolute Gasteiger partial charge is 0.254 e. The van der Waals surface area contributed by atoms with E-state index in [4.69, 9.17) is 15.2 Å². The first-order chi connectivity index (χ1) is 12.2. The summed E-state index contributed by atoms with van der Waals surface area (Å²) in [7, 11) is 3.24. The molecule has 1 heterocycles. The van der Waals surface area contributed by atoms with Crippen molar-refractivity contribution in [2.24, 2.45) is 5.73 Å². The molecule has 2 N–H and O–H groups in total. The Kier molecular flexibility index (Phi) is 6.89. The Labute approximate surface area is 160 Å².